The second-order valence-corrected chi connectivity index (χ2v) is 10.3. The Morgan fingerprint density at radius 2 is 1.75 bits per heavy atom. The number of aromatic amines is 1. The molecule has 0 spiro atoms. The van der Waals surface area contributed by atoms with Crippen LogP contribution in [0.5, 0.6) is 5.75 Å². The fourth-order valence-corrected chi connectivity index (χ4v) is 5.24. The van der Waals surface area contributed by atoms with E-state index in [0.29, 0.717) is 25.2 Å². The third-order valence-corrected chi connectivity index (χ3v) is 7.69. The topological polar surface area (TPSA) is 88.9 Å². The summed E-state index contributed by atoms with van der Waals surface area (Å²) in [6.07, 6.45) is 1.61. The van der Waals surface area contributed by atoms with E-state index in [9.17, 15) is 4.79 Å². The number of rotatable bonds is 11. The molecule has 206 valence electrons. The average molecular weight is 537 g/mol. The number of H-pyrrole nitrogens is 1. The minimum Gasteiger partial charge on any atom is -0.497 e. The smallest absolute Gasteiger partial charge is 0.252 e. The van der Waals surface area contributed by atoms with Gasteiger partial charge in [0, 0.05) is 25.2 Å². The van der Waals surface area contributed by atoms with Crippen LogP contribution in [0, 0.1) is 13.8 Å². The summed E-state index contributed by atoms with van der Waals surface area (Å²) in [6.45, 7) is 8.00. The Morgan fingerprint density at radius 1 is 0.975 bits per heavy atom. The van der Waals surface area contributed by atoms with Gasteiger partial charge in [-0.15, -0.1) is 5.10 Å². The summed E-state index contributed by atoms with van der Waals surface area (Å²) in [4.78, 5) is 18.8. The molecule has 5 rings (SSSR count). The lowest BCUT2D eigenvalue weighted by atomic mass is 10.0. The summed E-state index contributed by atoms with van der Waals surface area (Å²) in [6, 6.07) is 24.5. The highest BCUT2D eigenvalue weighted by atomic mass is 16.5. The summed E-state index contributed by atoms with van der Waals surface area (Å²) in [5, 5.41) is 13.9. The van der Waals surface area contributed by atoms with Gasteiger partial charge in [-0.2, -0.15) is 0 Å². The van der Waals surface area contributed by atoms with E-state index in [1.807, 2.05) is 48.0 Å². The van der Waals surface area contributed by atoms with Crippen LogP contribution in [-0.2, 0) is 26.1 Å². The fraction of sp³-hybridized carbons (Fsp3) is 0.312. The van der Waals surface area contributed by atoms with Crippen LogP contribution in [0.15, 0.2) is 77.6 Å². The van der Waals surface area contributed by atoms with Gasteiger partial charge in [-0.1, -0.05) is 61.5 Å². The minimum atomic E-state index is -0.0947. The van der Waals surface area contributed by atoms with Gasteiger partial charge >= 0.3 is 0 Å². The van der Waals surface area contributed by atoms with Crippen LogP contribution >= 0.6 is 0 Å². The molecule has 0 bridgehead atoms. The molecule has 1 atom stereocenters. The minimum absolute atomic E-state index is 0.0700. The standard InChI is InChI=1S/C32H36N6O2/c1-5-29(31-34-35-36-38(31)18-17-24-9-7-6-8-10-24)37(20-25-12-15-28(40-4)16-13-25)21-27-19-26-14-11-22(2)23(3)30(26)33-32(27)39/h6-16,19,29H,5,17-18,20-21H2,1-4H3,(H,33,39)/t29-/m1/s1. The molecular formula is C32H36N6O2. The second-order valence-electron chi connectivity index (χ2n) is 10.3. The van der Waals surface area contributed by atoms with Crippen molar-refractivity contribution in [1.82, 2.24) is 30.1 Å². The van der Waals surface area contributed by atoms with Gasteiger partial charge in [0.25, 0.3) is 5.56 Å². The third-order valence-electron chi connectivity index (χ3n) is 7.69. The predicted molar refractivity (Wildman–Crippen MR) is 157 cm³/mol. The molecule has 0 amide bonds. The number of nitrogens with one attached hydrogen (secondary N) is 1. The van der Waals surface area contributed by atoms with Gasteiger partial charge in [0.1, 0.15) is 5.75 Å². The molecule has 5 aromatic rings. The average Bonchev–Trinajstić information content (AvgIpc) is 3.44. The highest BCUT2D eigenvalue weighted by Crippen LogP contribution is 2.28. The van der Waals surface area contributed by atoms with Gasteiger partial charge < -0.3 is 9.72 Å². The van der Waals surface area contributed by atoms with E-state index in [1.165, 1.54) is 5.56 Å². The number of aromatic nitrogens is 5. The first kappa shape index (κ1) is 27.3. The molecule has 0 aliphatic heterocycles. The molecule has 2 aromatic heterocycles. The number of tetrazole rings is 1. The van der Waals surface area contributed by atoms with E-state index >= 15 is 0 Å². The zero-order valence-electron chi connectivity index (χ0n) is 23.6. The zero-order chi connectivity index (χ0) is 28.1. The number of aryl methyl sites for hydroxylation is 4. The number of benzene rings is 3. The predicted octanol–water partition coefficient (Wildman–Crippen LogP) is 5.54. The zero-order valence-corrected chi connectivity index (χ0v) is 23.6. The normalized spacial score (nSPS) is 12.2. The monoisotopic (exact) mass is 536 g/mol. The molecule has 2 heterocycles. The van der Waals surface area contributed by atoms with Crippen molar-refractivity contribution >= 4 is 10.9 Å². The Hall–Kier alpha value is -4.30. The lowest BCUT2D eigenvalue weighted by Crippen LogP contribution is -2.32. The lowest BCUT2D eigenvalue weighted by molar-refractivity contribution is 0.160. The molecule has 0 saturated heterocycles. The molecule has 0 saturated carbocycles. The van der Waals surface area contributed by atoms with E-state index in [-0.39, 0.29) is 11.6 Å². The van der Waals surface area contributed by atoms with Crippen molar-refractivity contribution in [1.29, 1.82) is 0 Å². The van der Waals surface area contributed by atoms with Crippen LogP contribution in [0.25, 0.3) is 10.9 Å². The van der Waals surface area contributed by atoms with Crippen LogP contribution in [0.1, 0.15) is 53.0 Å². The van der Waals surface area contributed by atoms with Crippen LogP contribution in [0.2, 0.25) is 0 Å². The second kappa shape index (κ2) is 12.3. The van der Waals surface area contributed by atoms with Crippen LogP contribution in [-0.4, -0.2) is 37.2 Å². The Balaban J connectivity index is 1.49. The Labute approximate surface area is 234 Å². The largest absolute Gasteiger partial charge is 0.497 e. The van der Waals surface area contributed by atoms with Crippen molar-refractivity contribution in [2.45, 2.75) is 59.3 Å². The van der Waals surface area contributed by atoms with Crippen molar-refractivity contribution in [3.05, 3.63) is 117 Å². The molecule has 3 aromatic carbocycles. The SMILES string of the molecule is CC[C@H](c1nnnn1CCc1ccccc1)N(Cc1ccc(OC)cc1)Cc1cc2ccc(C)c(C)c2[nH]c1=O. The molecule has 40 heavy (non-hydrogen) atoms. The number of hydrogen-bond acceptors (Lipinski definition) is 6. The summed E-state index contributed by atoms with van der Waals surface area (Å²) in [5.41, 5.74) is 6.15. The molecular weight excluding hydrogens is 500 g/mol. The van der Waals surface area contributed by atoms with E-state index in [1.54, 1.807) is 7.11 Å². The van der Waals surface area contributed by atoms with Crippen LogP contribution < -0.4 is 10.3 Å². The Kier molecular flexibility index (Phi) is 8.36. The highest BCUT2D eigenvalue weighted by molar-refractivity contribution is 5.83. The van der Waals surface area contributed by atoms with E-state index in [2.05, 4.69) is 75.7 Å². The van der Waals surface area contributed by atoms with Crippen molar-refractivity contribution < 1.29 is 4.74 Å². The van der Waals surface area contributed by atoms with Gasteiger partial charge in [0.15, 0.2) is 5.82 Å². The molecule has 1 N–H and O–H groups in total. The highest BCUT2D eigenvalue weighted by Gasteiger charge is 2.26. The van der Waals surface area contributed by atoms with Crippen molar-refractivity contribution in [2.24, 2.45) is 0 Å². The van der Waals surface area contributed by atoms with Crippen molar-refractivity contribution in [3.8, 4) is 5.75 Å². The molecule has 0 radical (unpaired) electrons. The molecule has 0 fully saturated rings. The maximum Gasteiger partial charge on any atom is 0.252 e. The van der Waals surface area contributed by atoms with E-state index < -0.39 is 0 Å². The van der Waals surface area contributed by atoms with Crippen molar-refractivity contribution in [3.63, 3.8) is 0 Å². The van der Waals surface area contributed by atoms with Crippen LogP contribution in [0.3, 0.4) is 0 Å². The Bertz CT molecular complexity index is 1630. The van der Waals surface area contributed by atoms with E-state index in [4.69, 9.17) is 4.74 Å². The number of nitrogens with zero attached hydrogens (tertiary/aromatic N) is 5. The molecule has 0 unspecified atom stereocenters. The van der Waals surface area contributed by atoms with Crippen molar-refractivity contribution in [2.75, 3.05) is 7.11 Å². The third kappa shape index (κ3) is 5.97. The summed E-state index contributed by atoms with van der Waals surface area (Å²) < 4.78 is 7.26. The first-order valence-electron chi connectivity index (χ1n) is 13.8. The molecule has 8 nitrogen and oxygen atoms in total. The summed E-state index contributed by atoms with van der Waals surface area (Å²) in [7, 11) is 1.67. The number of pyridine rings is 1. The van der Waals surface area contributed by atoms with Gasteiger partial charge in [-0.3, -0.25) is 9.69 Å². The number of ether oxygens (including phenoxy) is 1. The lowest BCUT2D eigenvalue weighted by Gasteiger charge is -2.30. The maximum absolute atomic E-state index is 13.3. The van der Waals surface area contributed by atoms with E-state index in [0.717, 1.165) is 52.0 Å². The number of fused-ring (bicyclic) bond motifs is 1. The first-order chi connectivity index (χ1) is 19.5. The van der Waals surface area contributed by atoms with Gasteiger partial charge in [-0.25, -0.2) is 4.68 Å². The first-order valence-corrected chi connectivity index (χ1v) is 13.8. The molecule has 0 aliphatic carbocycles. The quantitative estimate of drug-likeness (QED) is 0.239. The number of methoxy groups -OCH3 is 1. The molecule has 0 aliphatic rings. The molecule has 8 heteroatoms. The Morgan fingerprint density at radius 3 is 2.48 bits per heavy atom. The number of hydrogen-bond donors (Lipinski definition) is 1. The van der Waals surface area contributed by atoms with Gasteiger partial charge in [0.05, 0.1) is 18.7 Å². The maximum atomic E-state index is 13.3. The van der Waals surface area contributed by atoms with Gasteiger partial charge in [0.2, 0.25) is 0 Å². The van der Waals surface area contributed by atoms with Crippen LogP contribution in [0.4, 0.5) is 0 Å². The summed E-state index contributed by atoms with van der Waals surface area (Å²) in [5.74, 6) is 1.61. The van der Waals surface area contributed by atoms with Gasteiger partial charge in [-0.05, 0) is 83.0 Å². The summed E-state index contributed by atoms with van der Waals surface area (Å²) >= 11 is 0. The fourth-order valence-electron chi connectivity index (χ4n) is 5.24.